The molecule has 15 heteroatoms. The predicted octanol–water partition coefficient (Wildman–Crippen LogP) is -20.2. The number of aliphatic carboxylic acids is 3. The molecule has 102 valence electrons. The third-order valence-electron chi connectivity index (χ3n) is 1.29. The molecule has 0 aromatic heterocycles. The molecular formula is C6H18Na6O9. The van der Waals surface area contributed by atoms with Crippen LogP contribution in [0.3, 0.4) is 0 Å². The summed E-state index contributed by atoms with van der Waals surface area (Å²) in [6.07, 6.45) is -2.29. The molecule has 0 amide bonds. The molecular weight excluding hydrogens is 354 g/mol. The summed E-state index contributed by atoms with van der Waals surface area (Å²) >= 11 is 0. The summed E-state index contributed by atoms with van der Waals surface area (Å²) in [5.41, 5.74) is -2.74. The average molecular weight is 372 g/mol. The maximum absolute atomic E-state index is 10.3. The minimum Gasteiger partial charge on any atom is -1.00 e. The normalized spacial score (nSPS) is 6.71. The summed E-state index contributed by atoms with van der Waals surface area (Å²) in [6, 6.07) is 0. The summed E-state index contributed by atoms with van der Waals surface area (Å²) in [6.45, 7) is 0. The van der Waals surface area contributed by atoms with E-state index in [1.807, 2.05) is 0 Å². The monoisotopic (exact) mass is 372 g/mol. The van der Waals surface area contributed by atoms with E-state index in [-0.39, 0.29) is 197 Å². The quantitative estimate of drug-likeness (QED) is 0.344. The van der Waals surface area contributed by atoms with E-state index in [0.717, 1.165) is 0 Å². The molecule has 0 atom stereocenters. The smallest absolute Gasteiger partial charge is 1.00 e. The second-order valence-corrected chi connectivity index (χ2v) is 2.48. The topological polar surface area (TPSA) is 195 Å². The molecule has 0 heterocycles. The van der Waals surface area contributed by atoms with Crippen molar-refractivity contribution in [3.05, 3.63) is 0 Å². The molecule has 0 saturated heterocycles. The molecule has 0 spiro atoms. The molecule has 0 bridgehead atoms. The zero-order chi connectivity index (χ0) is 10.6. The van der Waals surface area contributed by atoms with Gasteiger partial charge in [-0.1, -0.05) is 0 Å². The van der Waals surface area contributed by atoms with Crippen LogP contribution in [0.4, 0.5) is 0 Å². The fraction of sp³-hybridized carbons (Fsp3) is 0.500. The molecule has 0 aliphatic carbocycles. The van der Waals surface area contributed by atoms with Gasteiger partial charge in [0.15, 0.2) is 5.60 Å². The van der Waals surface area contributed by atoms with Crippen LogP contribution in [-0.4, -0.2) is 54.9 Å². The van der Waals surface area contributed by atoms with Crippen molar-refractivity contribution in [2.45, 2.75) is 18.4 Å². The number of carboxylic acids is 3. The van der Waals surface area contributed by atoms with Gasteiger partial charge in [0.1, 0.15) is 0 Å². The van der Waals surface area contributed by atoms with Gasteiger partial charge in [-0.25, -0.2) is 4.79 Å². The van der Waals surface area contributed by atoms with Crippen LogP contribution >= 0.6 is 0 Å². The second-order valence-electron chi connectivity index (χ2n) is 2.48. The second kappa shape index (κ2) is 29.1. The fourth-order valence-electron chi connectivity index (χ4n) is 0.714. The molecule has 0 aliphatic heterocycles. The molecule has 9 nitrogen and oxygen atoms in total. The van der Waals surface area contributed by atoms with Crippen LogP contribution < -0.4 is 177 Å². The van der Waals surface area contributed by atoms with Gasteiger partial charge in [0, 0.05) is 0 Å². The first-order chi connectivity index (χ1) is 5.78. The Kier molecular flexibility index (Phi) is 77.8. The van der Waals surface area contributed by atoms with Gasteiger partial charge in [-0.15, -0.1) is 0 Å². The van der Waals surface area contributed by atoms with E-state index in [0.29, 0.717) is 0 Å². The van der Waals surface area contributed by atoms with Gasteiger partial charge < -0.3 is 39.9 Å². The van der Waals surface area contributed by atoms with Crippen molar-refractivity contribution >= 4 is 17.9 Å². The molecule has 0 fully saturated rings. The van der Waals surface area contributed by atoms with Gasteiger partial charge in [0.25, 0.3) is 0 Å². The Morgan fingerprint density at radius 3 is 1.00 bits per heavy atom. The molecule has 0 aliphatic rings. The number of rotatable bonds is 5. The van der Waals surface area contributed by atoms with Crippen LogP contribution in [0, 0.1) is 0 Å². The Balaban J connectivity index is -0.00000000791. The number of carbonyl (C=O) groups is 3. The van der Waals surface area contributed by atoms with Crippen molar-refractivity contribution in [3.63, 3.8) is 0 Å². The summed E-state index contributed by atoms with van der Waals surface area (Å²) < 4.78 is 0. The number of hydrogen-bond acceptors (Lipinski definition) is 4. The van der Waals surface area contributed by atoms with Crippen LogP contribution in [0.1, 0.15) is 21.4 Å². The SMILES string of the molecule is O.O.O=C(O)CC(O)(CC(=O)O)C(=O)O.[H-].[H-].[H-].[H-].[H-].[H-].[Na+].[Na+].[Na+].[Na+].[Na+].[Na+]. The molecule has 21 heavy (non-hydrogen) atoms. The summed E-state index contributed by atoms with van der Waals surface area (Å²) in [5.74, 6) is -5.02. The standard InChI is InChI=1S/C6H8O7.6Na.2H2O.6H/c7-3(8)1-6(13,5(11)12)2-4(9)10;;;;;;;;;;;;;;/h13H,1-2H2,(H,7,8)(H,9,10)(H,11,12);;;;;;;2*1H2;;;;;;/q;6*+1;;;6*-1. The van der Waals surface area contributed by atoms with Crippen molar-refractivity contribution < 1.29 is 232 Å². The van der Waals surface area contributed by atoms with Gasteiger partial charge in [-0.2, -0.15) is 0 Å². The zero-order valence-electron chi connectivity index (χ0n) is 19.4. The van der Waals surface area contributed by atoms with E-state index < -0.39 is 36.4 Å². The number of hydrogen-bond donors (Lipinski definition) is 4. The third-order valence-corrected chi connectivity index (χ3v) is 1.29. The van der Waals surface area contributed by atoms with Gasteiger partial charge in [0.05, 0.1) is 12.8 Å². The van der Waals surface area contributed by atoms with Crippen LogP contribution in [0.25, 0.3) is 0 Å². The predicted molar refractivity (Wildman–Crippen MR) is 51.0 cm³/mol. The van der Waals surface area contributed by atoms with Crippen molar-refractivity contribution in [2.24, 2.45) is 0 Å². The van der Waals surface area contributed by atoms with Gasteiger partial charge in [-0.05, 0) is 0 Å². The minimum atomic E-state index is -2.74. The zero-order valence-corrected chi connectivity index (χ0v) is 25.4. The summed E-state index contributed by atoms with van der Waals surface area (Å²) in [5, 5.41) is 33.8. The first-order valence-electron chi connectivity index (χ1n) is 3.17. The van der Waals surface area contributed by atoms with Crippen molar-refractivity contribution in [1.82, 2.24) is 0 Å². The largest absolute Gasteiger partial charge is 1.00 e. The Labute approximate surface area is 263 Å². The molecule has 0 rings (SSSR count). The van der Waals surface area contributed by atoms with E-state index in [1.54, 1.807) is 0 Å². The first-order valence-corrected chi connectivity index (χ1v) is 3.17. The van der Waals surface area contributed by atoms with Crippen molar-refractivity contribution in [2.75, 3.05) is 0 Å². The van der Waals surface area contributed by atoms with E-state index in [4.69, 9.17) is 20.4 Å². The molecule has 8 N–H and O–H groups in total. The van der Waals surface area contributed by atoms with Crippen molar-refractivity contribution in [3.8, 4) is 0 Å². The summed E-state index contributed by atoms with van der Waals surface area (Å²) in [4.78, 5) is 30.5. The summed E-state index contributed by atoms with van der Waals surface area (Å²) in [7, 11) is 0. The van der Waals surface area contributed by atoms with Crippen LogP contribution in [0.15, 0.2) is 0 Å². The molecule has 0 saturated carbocycles. The van der Waals surface area contributed by atoms with Crippen LogP contribution in [0.5, 0.6) is 0 Å². The number of carboxylic acid groups (broad SMARTS) is 3. The maximum atomic E-state index is 10.3. The fourth-order valence-corrected chi connectivity index (χ4v) is 0.714. The minimum absolute atomic E-state index is 0. The molecule has 0 unspecified atom stereocenters. The average Bonchev–Trinajstić information content (AvgIpc) is 1.82. The first kappa shape index (κ1) is 56.2. The Morgan fingerprint density at radius 2 is 0.905 bits per heavy atom. The molecule has 0 aromatic carbocycles. The van der Waals surface area contributed by atoms with Crippen LogP contribution in [0.2, 0.25) is 0 Å². The Morgan fingerprint density at radius 1 is 0.714 bits per heavy atom. The van der Waals surface area contributed by atoms with E-state index >= 15 is 0 Å². The van der Waals surface area contributed by atoms with Crippen molar-refractivity contribution in [1.29, 1.82) is 0 Å². The maximum Gasteiger partial charge on any atom is 1.00 e. The molecule has 0 aromatic rings. The van der Waals surface area contributed by atoms with Gasteiger partial charge >= 0.3 is 195 Å². The van der Waals surface area contributed by atoms with E-state index in [9.17, 15) is 14.4 Å². The van der Waals surface area contributed by atoms with E-state index in [1.165, 1.54) is 0 Å². The number of aliphatic hydroxyl groups is 1. The third kappa shape index (κ3) is 29.3. The Hall–Kier alpha value is 4.29. The van der Waals surface area contributed by atoms with Gasteiger partial charge in [0.2, 0.25) is 0 Å². The molecule has 0 radical (unpaired) electrons. The van der Waals surface area contributed by atoms with E-state index in [2.05, 4.69) is 0 Å². The van der Waals surface area contributed by atoms with Crippen LogP contribution in [-0.2, 0) is 14.4 Å². The Bertz CT molecular complexity index is 268. The van der Waals surface area contributed by atoms with Gasteiger partial charge in [-0.3, -0.25) is 9.59 Å².